The van der Waals surface area contributed by atoms with Crippen LogP contribution in [0.4, 0.5) is 10.8 Å². The quantitative estimate of drug-likeness (QED) is 0.477. The average molecular weight is 409 g/mol. The third-order valence-electron chi connectivity index (χ3n) is 3.35. The van der Waals surface area contributed by atoms with E-state index in [1.165, 1.54) is 28.0 Å². The normalized spacial score (nSPS) is 10.7. The fourth-order valence-electron chi connectivity index (χ4n) is 2.10. The molecular weight excluding hydrogens is 384 g/mol. The van der Waals surface area contributed by atoms with Crippen LogP contribution in [0, 0.1) is 5.92 Å². The van der Waals surface area contributed by atoms with Gasteiger partial charge in [-0.3, -0.25) is 9.59 Å². The van der Waals surface area contributed by atoms with E-state index in [9.17, 15) is 9.59 Å². The molecule has 1 aromatic carbocycles. The fraction of sp³-hybridized carbons (Fsp3) is 0.444. The Bertz CT molecular complexity index is 737. The summed E-state index contributed by atoms with van der Waals surface area (Å²) in [5.41, 5.74) is 0.660. The number of rotatable bonds is 10. The Hall–Kier alpha value is -2.13. The van der Waals surface area contributed by atoms with Gasteiger partial charge >= 0.3 is 5.97 Å². The first-order valence-electron chi connectivity index (χ1n) is 8.70. The lowest BCUT2D eigenvalue weighted by molar-refractivity contribution is -0.142. The maximum atomic E-state index is 12.7. The van der Waals surface area contributed by atoms with Crippen molar-refractivity contribution >= 4 is 45.8 Å². The van der Waals surface area contributed by atoms with E-state index in [4.69, 9.17) is 4.74 Å². The summed E-state index contributed by atoms with van der Waals surface area (Å²) < 4.78 is 5.70. The van der Waals surface area contributed by atoms with Crippen molar-refractivity contribution in [3.63, 3.8) is 0 Å². The van der Waals surface area contributed by atoms with E-state index >= 15 is 0 Å². The Morgan fingerprint density at radius 3 is 2.67 bits per heavy atom. The molecule has 2 rings (SSSR count). The molecule has 9 heteroatoms. The minimum Gasteiger partial charge on any atom is -0.465 e. The Morgan fingerprint density at radius 1 is 1.26 bits per heavy atom. The summed E-state index contributed by atoms with van der Waals surface area (Å²) in [4.78, 5) is 26.0. The number of carbonyl (C=O) groups is 2. The number of anilines is 2. The highest BCUT2D eigenvalue weighted by Crippen LogP contribution is 2.26. The molecule has 0 saturated carbocycles. The Morgan fingerprint density at radius 2 is 2.00 bits per heavy atom. The second-order valence-electron chi connectivity index (χ2n) is 6.06. The van der Waals surface area contributed by atoms with E-state index in [-0.39, 0.29) is 24.8 Å². The number of para-hydroxylation sites is 1. The van der Waals surface area contributed by atoms with E-state index < -0.39 is 5.97 Å². The van der Waals surface area contributed by atoms with E-state index in [2.05, 4.69) is 29.4 Å². The SMILES string of the molecule is CCOC(=O)CN(C(=O)CSc1nnc(NCC(C)C)s1)c1ccccc1. The Balaban J connectivity index is 1.98. The molecule has 1 aromatic heterocycles. The maximum Gasteiger partial charge on any atom is 0.326 e. The molecule has 0 aliphatic carbocycles. The van der Waals surface area contributed by atoms with Crippen LogP contribution in [0.25, 0.3) is 0 Å². The zero-order valence-corrected chi connectivity index (χ0v) is 17.3. The van der Waals surface area contributed by atoms with Crippen LogP contribution in [0.2, 0.25) is 0 Å². The lowest BCUT2D eigenvalue weighted by atomic mass is 10.2. The zero-order valence-electron chi connectivity index (χ0n) is 15.7. The second-order valence-corrected chi connectivity index (χ2v) is 8.26. The topological polar surface area (TPSA) is 84.4 Å². The number of amides is 1. The van der Waals surface area contributed by atoms with Crippen LogP contribution in [0.3, 0.4) is 0 Å². The van der Waals surface area contributed by atoms with Crippen molar-refractivity contribution in [3.8, 4) is 0 Å². The van der Waals surface area contributed by atoms with Gasteiger partial charge in [0.1, 0.15) is 6.54 Å². The highest BCUT2D eigenvalue weighted by Gasteiger charge is 2.20. The van der Waals surface area contributed by atoms with Crippen LogP contribution in [0.5, 0.6) is 0 Å². The van der Waals surface area contributed by atoms with Gasteiger partial charge in [0.25, 0.3) is 0 Å². The molecule has 7 nitrogen and oxygen atoms in total. The third-order valence-corrected chi connectivity index (χ3v) is 5.35. The van der Waals surface area contributed by atoms with Gasteiger partial charge in [-0.1, -0.05) is 55.1 Å². The van der Waals surface area contributed by atoms with E-state index in [0.29, 0.717) is 15.9 Å². The molecule has 0 unspecified atom stereocenters. The summed E-state index contributed by atoms with van der Waals surface area (Å²) in [6.45, 7) is 6.95. The van der Waals surface area contributed by atoms with Gasteiger partial charge in [-0.2, -0.15) is 0 Å². The maximum absolute atomic E-state index is 12.7. The minimum atomic E-state index is -0.434. The molecule has 0 spiro atoms. The number of thioether (sulfide) groups is 1. The molecule has 0 saturated heterocycles. The largest absolute Gasteiger partial charge is 0.465 e. The molecule has 2 aromatic rings. The minimum absolute atomic E-state index is 0.117. The number of hydrogen-bond donors (Lipinski definition) is 1. The zero-order chi connectivity index (χ0) is 19.6. The standard InChI is InChI=1S/C18H24N4O3S2/c1-4-25-16(24)11-22(14-8-6-5-7-9-14)15(23)12-26-18-21-20-17(27-18)19-10-13(2)3/h5-9,13H,4,10-12H2,1-3H3,(H,19,20). The first-order valence-corrected chi connectivity index (χ1v) is 10.5. The molecule has 0 fully saturated rings. The predicted molar refractivity (Wildman–Crippen MR) is 109 cm³/mol. The molecule has 146 valence electrons. The average Bonchev–Trinajstić information content (AvgIpc) is 3.11. The van der Waals surface area contributed by atoms with Crippen molar-refractivity contribution < 1.29 is 14.3 Å². The predicted octanol–water partition coefficient (Wildman–Crippen LogP) is 3.29. The number of nitrogens with zero attached hydrogens (tertiary/aromatic N) is 3. The van der Waals surface area contributed by atoms with Crippen LogP contribution in [0.1, 0.15) is 20.8 Å². The monoisotopic (exact) mass is 408 g/mol. The number of esters is 1. The highest BCUT2D eigenvalue weighted by atomic mass is 32.2. The van der Waals surface area contributed by atoms with Crippen LogP contribution in [-0.4, -0.2) is 47.5 Å². The first-order chi connectivity index (χ1) is 13.0. The van der Waals surface area contributed by atoms with Gasteiger partial charge in [0.2, 0.25) is 11.0 Å². The van der Waals surface area contributed by atoms with Crippen LogP contribution < -0.4 is 10.2 Å². The molecule has 0 aliphatic heterocycles. The van der Waals surface area contributed by atoms with Crippen molar-refractivity contribution in [1.82, 2.24) is 10.2 Å². The van der Waals surface area contributed by atoms with Gasteiger partial charge in [-0.05, 0) is 25.0 Å². The molecule has 0 radical (unpaired) electrons. The molecule has 1 N–H and O–H groups in total. The number of benzene rings is 1. The van der Waals surface area contributed by atoms with Crippen molar-refractivity contribution in [2.45, 2.75) is 25.1 Å². The van der Waals surface area contributed by atoms with Gasteiger partial charge in [0, 0.05) is 12.2 Å². The van der Waals surface area contributed by atoms with Gasteiger partial charge < -0.3 is 15.0 Å². The second kappa shape index (κ2) is 10.9. The van der Waals surface area contributed by atoms with Gasteiger partial charge in [0.15, 0.2) is 4.34 Å². The summed E-state index contributed by atoms with van der Waals surface area (Å²) in [7, 11) is 0. The highest BCUT2D eigenvalue weighted by molar-refractivity contribution is 8.01. The summed E-state index contributed by atoms with van der Waals surface area (Å²) in [5.74, 6) is 0.0449. The smallest absolute Gasteiger partial charge is 0.326 e. The summed E-state index contributed by atoms with van der Waals surface area (Å²) in [5, 5.41) is 12.1. The lowest BCUT2D eigenvalue weighted by Crippen LogP contribution is -2.37. The molecule has 0 atom stereocenters. The third kappa shape index (κ3) is 7.18. The van der Waals surface area contributed by atoms with E-state index in [1.807, 2.05) is 18.2 Å². The van der Waals surface area contributed by atoms with Crippen LogP contribution in [-0.2, 0) is 14.3 Å². The van der Waals surface area contributed by atoms with Crippen LogP contribution in [0.15, 0.2) is 34.7 Å². The van der Waals surface area contributed by atoms with Gasteiger partial charge in [-0.15, -0.1) is 10.2 Å². The first kappa shape index (κ1) is 21.2. The Labute approximate surface area is 167 Å². The van der Waals surface area contributed by atoms with Crippen molar-refractivity contribution in [3.05, 3.63) is 30.3 Å². The van der Waals surface area contributed by atoms with Crippen molar-refractivity contribution in [2.24, 2.45) is 5.92 Å². The molecular formula is C18H24N4O3S2. The number of aromatic nitrogens is 2. The fourth-order valence-corrected chi connectivity index (χ4v) is 3.73. The molecule has 1 heterocycles. The lowest BCUT2D eigenvalue weighted by Gasteiger charge is -2.21. The van der Waals surface area contributed by atoms with Crippen LogP contribution >= 0.6 is 23.1 Å². The number of hydrogen-bond acceptors (Lipinski definition) is 8. The van der Waals surface area contributed by atoms with E-state index in [1.54, 1.807) is 19.1 Å². The summed E-state index contributed by atoms with van der Waals surface area (Å²) >= 11 is 2.72. The van der Waals surface area contributed by atoms with Gasteiger partial charge in [0.05, 0.1) is 12.4 Å². The Kier molecular flexibility index (Phi) is 8.53. The number of ether oxygens (including phenoxy) is 1. The summed E-state index contributed by atoms with van der Waals surface area (Å²) in [6, 6.07) is 9.09. The van der Waals surface area contributed by atoms with Crippen molar-refractivity contribution in [1.29, 1.82) is 0 Å². The molecule has 0 bridgehead atoms. The van der Waals surface area contributed by atoms with Gasteiger partial charge in [-0.25, -0.2) is 0 Å². The van der Waals surface area contributed by atoms with E-state index in [0.717, 1.165) is 11.7 Å². The number of carbonyl (C=O) groups excluding carboxylic acids is 2. The van der Waals surface area contributed by atoms with Crippen molar-refractivity contribution in [2.75, 3.05) is 35.7 Å². The molecule has 1 amide bonds. The summed E-state index contributed by atoms with van der Waals surface area (Å²) in [6.07, 6.45) is 0. The molecule has 0 aliphatic rings. The number of nitrogens with one attached hydrogen (secondary N) is 1. The molecule has 27 heavy (non-hydrogen) atoms.